The first-order valence-electron chi connectivity index (χ1n) is 12.1. The monoisotopic (exact) mass is 414 g/mol. The van der Waals surface area contributed by atoms with Crippen LogP contribution in [0.3, 0.4) is 0 Å². The van der Waals surface area contributed by atoms with E-state index in [-0.39, 0.29) is 0 Å². The molecule has 158 valence electrons. The van der Waals surface area contributed by atoms with Crippen molar-refractivity contribution in [2.75, 3.05) is 0 Å². The van der Waals surface area contributed by atoms with Gasteiger partial charge in [-0.05, 0) is 95.2 Å². The van der Waals surface area contributed by atoms with Gasteiger partial charge < -0.3 is 0 Å². The summed E-state index contributed by atoms with van der Waals surface area (Å²) in [6, 6.07) is 28.4. The Morgan fingerprint density at radius 1 is 0.625 bits per heavy atom. The van der Waals surface area contributed by atoms with Crippen LogP contribution < -0.4 is 0 Å². The highest BCUT2D eigenvalue weighted by Gasteiger charge is 2.27. The Balaban J connectivity index is 1.45. The van der Waals surface area contributed by atoms with E-state index < -0.39 is 0 Å². The van der Waals surface area contributed by atoms with Crippen LogP contribution in [0.25, 0.3) is 22.3 Å². The topological polar surface area (TPSA) is 0 Å². The number of fused-ring (bicyclic) bond motifs is 6. The van der Waals surface area contributed by atoms with E-state index in [9.17, 15) is 0 Å². The Labute approximate surface area is 192 Å². The molecule has 6 rings (SSSR count). The third-order valence-corrected chi connectivity index (χ3v) is 7.63. The minimum Gasteiger partial charge on any atom is -0.0613 e. The molecule has 0 heteroatoms. The van der Waals surface area contributed by atoms with Gasteiger partial charge in [0.05, 0.1) is 0 Å². The fourth-order valence-electron chi connectivity index (χ4n) is 5.86. The van der Waals surface area contributed by atoms with Crippen LogP contribution in [0.1, 0.15) is 57.3 Å². The van der Waals surface area contributed by atoms with Crippen molar-refractivity contribution < 1.29 is 0 Å². The van der Waals surface area contributed by atoms with Gasteiger partial charge in [-0.15, -0.1) is 0 Å². The Morgan fingerprint density at radius 2 is 1.31 bits per heavy atom. The fraction of sp³-hybridized carbons (Fsp3) is 0.250. The van der Waals surface area contributed by atoms with E-state index >= 15 is 0 Å². The maximum Gasteiger partial charge on any atom is 0.0136 e. The van der Waals surface area contributed by atoms with E-state index in [0.29, 0.717) is 5.92 Å². The van der Waals surface area contributed by atoms with Gasteiger partial charge in [0.1, 0.15) is 0 Å². The molecule has 4 aromatic rings. The molecule has 0 fully saturated rings. The summed E-state index contributed by atoms with van der Waals surface area (Å²) in [6.07, 6.45) is 4.50. The highest BCUT2D eigenvalue weighted by atomic mass is 14.3. The quantitative estimate of drug-likeness (QED) is 0.312. The molecule has 0 amide bonds. The third kappa shape index (κ3) is 3.13. The molecule has 0 saturated heterocycles. The summed E-state index contributed by atoms with van der Waals surface area (Å²) in [5.74, 6) is 0.426. The molecule has 0 heterocycles. The molecule has 0 bridgehead atoms. The van der Waals surface area contributed by atoms with Gasteiger partial charge in [-0.3, -0.25) is 0 Å². The van der Waals surface area contributed by atoms with E-state index in [4.69, 9.17) is 0 Å². The summed E-state index contributed by atoms with van der Waals surface area (Å²) >= 11 is 0. The van der Waals surface area contributed by atoms with E-state index in [2.05, 4.69) is 93.6 Å². The first-order valence-corrected chi connectivity index (χ1v) is 12.1. The lowest BCUT2D eigenvalue weighted by atomic mass is 9.74. The lowest BCUT2D eigenvalue weighted by Crippen LogP contribution is -2.14. The van der Waals surface area contributed by atoms with Crippen molar-refractivity contribution in [3.05, 3.63) is 117 Å². The molecular formula is C32H30. The zero-order valence-electron chi connectivity index (χ0n) is 19.3. The molecule has 0 N–H and O–H groups in total. The predicted molar refractivity (Wildman–Crippen MR) is 136 cm³/mol. The lowest BCUT2D eigenvalue weighted by molar-refractivity contribution is 0.789. The maximum absolute atomic E-state index is 2.51. The first kappa shape index (κ1) is 19.6. The molecule has 4 aromatic carbocycles. The van der Waals surface area contributed by atoms with Gasteiger partial charge in [0.15, 0.2) is 0 Å². The van der Waals surface area contributed by atoms with Crippen LogP contribution in [0, 0.1) is 13.8 Å². The van der Waals surface area contributed by atoms with Crippen LogP contribution in [0.15, 0.2) is 72.8 Å². The van der Waals surface area contributed by atoms with Crippen molar-refractivity contribution >= 4 is 0 Å². The Kier molecular flexibility index (Phi) is 4.57. The lowest BCUT2D eigenvalue weighted by Gasteiger charge is -2.30. The average Bonchev–Trinajstić information content (AvgIpc) is 2.82. The highest BCUT2D eigenvalue weighted by molar-refractivity contribution is 5.77. The van der Waals surface area contributed by atoms with Gasteiger partial charge >= 0.3 is 0 Å². The predicted octanol–water partition coefficient (Wildman–Crippen LogP) is 7.99. The molecule has 1 unspecified atom stereocenters. The van der Waals surface area contributed by atoms with Crippen LogP contribution in [-0.2, 0) is 25.7 Å². The second-order valence-corrected chi connectivity index (χ2v) is 9.77. The van der Waals surface area contributed by atoms with Crippen molar-refractivity contribution in [2.24, 2.45) is 0 Å². The number of benzene rings is 4. The van der Waals surface area contributed by atoms with Crippen molar-refractivity contribution in [1.82, 2.24) is 0 Å². The summed E-state index contributed by atoms with van der Waals surface area (Å²) in [5, 5.41) is 0. The van der Waals surface area contributed by atoms with E-state index in [1.54, 1.807) is 0 Å². The summed E-state index contributed by atoms with van der Waals surface area (Å²) in [4.78, 5) is 0. The molecule has 0 spiro atoms. The number of aryl methyl sites for hydroxylation is 5. The van der Waals surface area contributed by atoms with E-state index in [1.165, 1.54) is 66.8 Å². The van der Waals surface area contributed by atoms with Gasteiger partial charge in [0.25, 0.3) is 0 Å². The SMILES string of the molecule is CCc1ccc2c(c1)CCc1cc(C3Cc4ccc(C)cc4-c4cc(C)ccc43)ccc1-2. The van der Waals surface area contributed by atoms with Gasteiger partial charge in [-0.2, -0.15) is 0 Å². The van der Waals surface area contributed by atoms with Crippen LogP contribution >= 0.6 is 0 Å². The zero-order valence-corrected chi connectivity index (χ0v) is 19.3. The summed E-state index contributed by atoms with van der Waals surface area (Å²) in [6.45, 7) is 6.65. The van der Waals surface area contributed by atoms with Crippen molar-refractivity contribution in [3.8, 4) is 22.3 Å². The molecule has 0 radical (unpaired) electrons. The van der Waals surface area contributed by atoms with Crippen molar-refractivity contribution in [3.63, 3.8) is 0 Å². The van der Waals surface area contributed by atoms with Crippen LogP contribution in [0.2, 0.25) is 0 Å². The second-order valence-electron chi connectivity index (χ2n) is 9.77. The van der Waals surface area contributed by atoms with Gasteiger partial charge in [-0.25, -0.2) is 0 Å². The van der Waals surface area contributed by atoms with Crippen LogP contribution in [0.5, 0.6) is 0 Å². The molecule has 0 aromatic heterocycles. The Hall–Kier alpha value is -3.12. The highest BCUT2D eigenvalue weighted by Crippen LogP contribution is 2.45. The Bertz CT molecular complexity index is 1350. The van der Waals surface area contributed by atoms with E-state index in [1.807, 2.05) is 0 Å². The second kappa shape index (κ2) is 7.48. The molecule has 32 heavy (non-hydrogen) atoms. The maximum atomic E-state index is 2.51. The third-order valence-electron chi connectivity index (χ3n) is 7.63. The number of rotatable bonds is 2. The van der Waals surface area contributed by atoms with Crippen LogP contribution in [0.4, 0.5) is 0 Å². The summed E-state index contributed by atoms with van der Waals surface area (Å²) in [7, 11) is 0. The molecule has 1 atom stereocenters. The summed E-state index contributed by atoms with van der Waals surface area (Å²) in [5.41, 5.74) is 17.3. The molecule has 0 aliphatic heterocycles. The Morgan fingerprint density at radius 3 is 2.09 bits per heavy atom. The molecule has 0 saturated carbocycles. The fourth-order valence-corrected chi connectivity index (χ4v) is 5.86. The molecule has 2 aliphatic rings. The standard InChI is InChI=1S/C32H30/c1-4-22-7-13-27-23(17-22)9-10-24-18-25(11-14-28(24)27)31-19-26-8-5-20(2)15-30(26)32-16-21(3)6-12-29(31)32/h5-8,11-18,31H,4,9-10,19H2,1-3H3. The molecule has 0 nitrogen and oxygen atoms in total. The normalized spacial score (nSPS) is 16.0. The van der Waals surface area contributed by atoms with Crippen LogP contribution in [-0.4, -0.2) is 0 Å². The average molecular weight is 415 g/mol. The van der Waals surface area contributed by atoms with E-state index in [0.717, 1.165) is 25.7 Å². The van der Waals surface area contributed by atoms with Gasteiger partial charge in [-0.1, -0.05) is 90.8 Å². The number of hydrogen-bond acceptors (Lipinski definition) is 0. The molecule has 2 aliphatic carbocycles. The van der Waals surface area contributed by atoms with Crippen molar-refractivity contribution in [2.45, 2.75) is 52.4 Å². The molecular weight excluding hydrogens is 384 g/mol. The first-order chi connectivity index (χ1) is 15.6. The van der Waals surface area contributed by atoms with Gasteiger partial charge in [0.2, 0.25) is 0 Å². The largest absolute Gasteiger partial charge is 0.0613 e. The van der Waals surface area contributed by atoms with Crippen molar-refractivity contribution in [1.29, 1.82) is 0 Å². The summed E-state index contributed by atoms with van der Waals surface area (Å²) < 4.78 is 0. The number of hydrogen-bond donors (Lipinski definition) is 0. The minimum absolute atomic E-state index is 0.426. The minimum atomic E-state index is 0.426. The van der Waals surface area contributed by atoms with Gasteiger partial charge in [0, 0.05) is 5.92 Å². The smallest absolute Gasteiger partial charge is 0.0136 e. The zero-order chi connectivity index (χ0) is 21.8.